The topological polar surface area (TPSA) is 111 Å². The van der Waals surface area contributed by atoms with Crippen molar-refractivity contribution in [3.63, 3.8) is 0 Å². The number of urea groups is 1. The molecule has 0 saturated carbocycles. The fourth-order valence-electron chi connectivity index (χ4n) is 1.55. The highest BCUT2D eigenvalue weighted by Crippen LogP contribution is 2.01. The third-order valence-electron chi connectivity index (χ3n) is 2.54. The first-order chi connectivity index (χ1) is 8.93. The molecule has 0 aromatic carbocycles. The molecule has 0 aliphatic rings. The molecule has 1 heterocycles. The van der Waals surface area contributed by atoms with E-state index in [0.717, 1.165) is 0 Å². The highest BCUT2D eigenvalue weighted by atomic mass is 16.4. The Morgan fingerprint density at radius 3 is 2.68 bits per heavy atom. The summed E-state index contributed by atoms with van der Waals surface area (Å²) in [7, 11) is 1.56. The smallest absolute Gasteiger partial charge is 0.326 e. The van der Waals surface area contributed by atoms with E-state index in [4.69, 9.17) is 5.11 Å². The van der Waals surface area contributed by atoms with Crippen LogP contribution in [-0.4, -0.2) is 50.3 Å². The number of amides is 2. The molecule has 8 heteroatoms. The van der Waals surface area contributed by atoms with Gasteiger partial charge in [0.2, 0.25) is 0 Å². The number of carbonyl (C=O) groups is 2. The van der Waals surface area contributed by atoms with Crippen molar-refractivity contribution < 1.29 is 14.7 Å². The summed E-state index contributed by atoms with van der Waals surface area (Å²) in [6, 6.07) is -1.32. The Bertz CT molecular complexity index is 445. The van der Waals surface area contributed by atoms with Crippen molar-refractivity contribution in [1.82, 2.24) is 25.4 Å². The summed E-state index contributed by atoms with van der Waals surface area (Å²) < 4.78 is 0. The number of aromatic nitrogens is 3. The molecule has 1 rings (SSSR count). The van der Waals surface area contributed by atoms with Gasteiger partial charge < -0.3 is 15.3 Å². The molecule has 0 aliphatic heterocycles. The Labute approximate surface area is 111 Å². The van der Waals surface area contributed by atoms with Crippen molar-refractivity contribution in [3.05, 3.63) is 11.6 Å². The van der Waals surface area contributed by atoms with Gasteiger partial charge in [0.25, 0.3) is 0 Å². The number of hydrogen-bond donors (Lipinski definition) is 3. The van der Waals surface area contributed by atoms with Crippen LogP contribution in [0.25, 0.3) is 0 Å². The van der Waals surface area contributed by atoms with Gasteiger partial charge in [-0.05, 0) is 13.3 Å². The fraction of sp³-hybridized carbons (Fsp3) is 0.636. The van der Waals surface area contributed by atoms with E-state index in [0.29, 0.717) is 24.5 Å². The minimum atomic E-state index is -1.03. The number of H-pyrrole nitrogens is 1. The second-order valence-corrected chi connectivity index (χ2v) is 4.32. The summed E-state index contributed by atoms with van der Waals surface area (Å²) in [5.41, 5.74) is 0. The molecule has 0 saturated heterocycles. The van der Waals surface area contributed by atoms with Crippen LogP contribution in [0.4, 0.5) is 4.79 Å². The number of hydrogen-bond acceptors (Lipinski definition) is 4. The number of rotatable bonds is 6. The predicted octanol–water partition coefficient (Wildman–Crippen LogP) is 0.508. The largest absolute Gasteiger partial charge is 0.480 e. The highest BCUT2D eigenvalue weighted by Gasteiger charge is 2.21. The molecular formula is C11H19N5O3. The Morgan fingerprint density at radius 2 is 2.21 bits per heavy atom. The van der Waals surface area contributed by atoms with Crippen molar-refractivity contribution in [2.75, 3.05) is 7.05 Å². The van der Waals surface area contributed by atoms with Gasteiger partial charge in [0.05, 0.1) is 6.54 Å². The van der Waals surface area contributed by atoms with Gasteiger partial charge >= 0.3 is 12.0 Å². The third kappa shape index (κ3) is 4.57. The maximum atomic E-state index is 11.8. The zero-order valence-corrected chi connectivity index (χ0v) is 11.3. The monoisotopic (exact) mass is 269 g/mol. The average molecular weight is 269 g/mol. The van der Waals surface area contributed by atoms with Crippen LogP contribution in [0, 0.1) is 6.92 Å². The summed E-state index contributed by atoms with van der Waals surface area (Å²) in [4.78, 5) is 28.2. The number of aromatic amines is 1. The molecule has 1 aromatic heterocycles. The van der Waals surface area contributed by atoms with E-state index in [9.17, 15) is 9.59 Å². The summed E-state index contributed by atoms with van der Waals surface area (Å²) in [6.45, 7) is 3.84. The van der Waals surface area contributed by atoms with Gasteiger partial charge in [-0.15, -0.1) is 0 Å². The third-order valence-corrected chi connectivity index (χ3v) is 2.54. The van der Waals surface area contributed by atoms with Crippen LogP contribution < -0.4 is 5.32 Å². The first-order valence-electron chi connectivity index (χ1n) is 6.06. The van der Waals surface area contributed by atoms with Gasteiger partial charge in [-0.3, -0.25) is 5.10 Å². The first kappa shape index (κ1) is 14.9. The van der Waals surface area contributed by atoms with Gasteiger partial charge in [-0.1, -0.05) is 13.3 Å². The van der Waals surface area contributed by atoms with Crippen LogP contribution in [0.2, 0.25) is 0 Å². The molecule has 1 atom stereocenters. The van der Waals surface area contributed by atoms with Gasteiger partial charge in [-0.2, -0.15) is 5.10 Å². The van der Waals surface area contributed by atoms with Gasteiger partial charge in [0.15, 0.2) is 5.82 Å². The zero-order chi connectivity index (χ0) is 14.4. The van der Waals surface area contributed by atoms with E-state index >= 15 is 0 Å². The van der Waals surface area contributed by atoms with Gasteiger partial charge in [0.1, 0.15) is 11.9 Å². The summed E-state index contributed by atoms with van der Waals surface area (Å²) >= 11 is 0. The zero-order valence-electron chi connectivity index (χ0n) is 11.3. The molecule has 1 aromatic rings. The molecule has 0 radical (unpaired) electrons. The van der Waals surface area contributed by atoms with E-state index in [1.54, 1.807) is 14.0 Å². The minimum absolute atomic E-state index is 0.217. The van der Waals surface area contributed by atoms with Gasteiger partial charge in [-0.25, -0.2) is 14.6 Å². The molecule has 0 bridgehead atoms. The maximum Gasteiger partial charge on any atom is 0.326 e. The molecule has 0 aliphatic carbocycles. The fourth-order valence-corrected chi connectivity index (χ4v) is 1.55. The van der Waals surface area contributed by atoms with Crippen LogP contribution in [0.3, 0.4) is 0 Å². The summed E-state index contributed by atoms with van der Waals surface area (Å²) in [5, 5.41) is 18.0. The second-order valence-electron chi connectivity index (χ2n) is 4.32. The molecule has 0 fully saturated rings. The van der Waals surface area contributed by atoms with Crippen LogP contribution in [0.15, 0.2) is 0 Å². The van der Waals surface area contributed by atoms with Crippen molar-refractivity contribution in [1.29, 1.82) is 0 Å². The molecule has 0 spiro atoms. The quantitative estimate of drug-likeness (QED) is 0.696. The number of carboxylic acids is 1. The number of aryl methyl sites for hydroxylation is 1. The lowest BCUT2D eigenvalue weighted by Gasteiger charge is -2.20. The lowest BCUT2D eigenvalue weighted by Crippen LogP contribution is -2.46. The lowest BCUT2D eigenvalue weighted by atomic mass is 10.2. The number of carbonyl (C=O) groups excluding carboxylic acids is 1. The van der Waals surface area contributed by atoms with E-state index < -0.39 is 18.0 Å². The van der Waals surface area contributed by atoms with E-state index in [-0.39, 0.29) is 6.54 Å². The van der Waals surface area contributed by atoms with E-state index in [1.807, 2.05) is 6.92 Å². The Hall–Kier alpha value is -2.12. The number of aliphatic carboxylic acids is 1. The Kier molecular flexibility index (Phi) is 5.28. The molecule has 0 unspecified atom stereocenters. The highest BCUT2D eigenvalue weighted by molar-refractivity contribution is 5.82. The Balaban J connectivity index is 2.54. The predicted molar refractivity (Wildman–Crippen MR) is 67.5 cm³/mol. The summed E-state index contributed by atoms with van der Waals surface area (Å²) in [6.07, 6.45) is 1.08. The molecule has 8 nitrogen and oxygen atoms in total. The van der Waals surface area contributed by atoms with E-state index in [1.165, 1.54) is 4.90 Å². The molecule has 19 heavy (non-hydrogen) atoms. The van der Waals surface area contributed by atoms with Crippen LogP contribution in [0.1, 0.15) is 31.4 Å². The van der Waals surface area contributed by atoms with Crippen LogP contribution in [0.5, 0.6) is 0 Å². The SMILES string of the molecule is CCC[C@@H](NC(=O)N(C)Cc1n[nH]c(C)n1)C(=O)O. The summed E-state index contributed by atoms with van der Waals surface area (Å²) in [5.74, 6) is 0.119. The number of carboxylic acid groups (broad SMARTS) is 1. The minimum Gasteiger partial charge on any atom is -0.480 e. The number of nitrogens with one attached hydrogen (secondary N) is 2. The van der Waals surface area contributed by atoms with Crippen molar-refractivity contribution in [3.8, 4) is 0 Å². The van der Waals surface area contributed by atoms with Crippen molar-refractivity contribution in [2.45, 2.75) is 39.3 Å². The Morgan fingerprint density at radius 1 is 1.53 bits per heavy atom. The second kappa shape index (κ2) is 6.72. The average Bonchev–Trinajstić information content (AvgIpc) is 2.73. The van der Waals surface area contributed by atoms with Gasteiger partial charge in [0, 0.05) is 7.05 Å². The number of nitrogens with zero attached hydrogens (tertiary/aromatic N) is 3. The molecular weight excluding hydrogens is 250 g/mol. The van der Waals surface area contributed by atoms with Crippen LogP contribution >= 0.6 is 0 Å². The van der Waals surface area contributed by atoms with Crippen LogP contribution in [-0.2, 0) is 11.3 Å². The van der Waals surface area contributed by atoms with Crippen molar-refractivity contribution in [2.24, 2.45) is 0 Å². The normalized spacial score (nSPS) is 11.9. The van der Waals surface area contributed by atoms with E-state index in [2.05, 4.69) is 20.5 Å². The standard InChI is InChI=1S/C11H19N5O3/c1-4-5-8(10(17)18)13-11(19)16(3)6-9-12-7(2)14-15-9/h8H,4-6H2,1-3H3,(H,13,19)(H,17,18)(H,12,14,15)/t8-/m1/s1. The lowest BCUT2D eigenvalue weighted by molar-refractivity contribution is -0.139. The maximum absolute atomic E-state index is 11.8. The molecule has 2 amide bonds. The molecule has 3 N–H and O–H groups in total. The van der Waals surface area contributed by atoms with Crippen molar-refractivity contribution >= 4 is 12.0 Å². The molecule has 106 valence electrons. The first-order valence-corrected chi connectivity index (χ1v) is 6.06.